The lowest BCUT2D eigenvalue weighted by Crippen LogP contribution is -2.56. The van der Waals surface area contributed by atoms with Crippen LogP contribution in [0.5, 0.6) is 0 Å². The minimum atomic E-state index is -0.336. The van der Waals surface area contributed by atoms with E-state index in [1.807, 2.05) is 22.9 Å². The molecule has 12 heteroatoms. The first kappa shape index (κ1) is 28.1. The van der Waals surface area contributed by atoms with Crippen molar-refractivity contribution in [1.82, 2.24) is 24.2 Å². The Morgan fingerprint density at radius 2 is 1.88 bits per heavy atom. The number of hydrogen-bond donors (Lipinski definition) is 1. The van der Waals surface area contributed by atoms with Crippen molar-refractivity contribution in [1.29, 1.82) is 5.26 Å². The van der Waals surface area contributed by atoms with Crippen LogP contribution in [0.2, 0.25) is 0 Å². The summed E-state index contributed by atoms with van der Waals surface area (Å²) in [5.41, 5.74) is 4.05. The zero-order valence-corrected chi connectivity index (χ0v) is 24.5. The fraction of sp³-hybridized carbons (Fsp3) is 0.400. The molecule has 2 saturated heterocycles. The number of carbonyl (C=O) groups is 1. The van der Waals surface area contributed by atoms with Crippen molar-refractivity contribution in [2.24, 2.45) is 5.92 Å². The van der Waals surface area contributed by atoms with Gasteiger partial charge in [-0.15, -0.1) is 0 Å². The number of fused-ring (bicyclic) bond motifs is 1. The lowest BCUT2D eigenvalue weighted by atomic mass is 10.0. The molecular weight excluding hydrogens is 555 g/mol. The van der Waals surface area contributed by atoms with E-state index >= 15 is 0 Å². The number of amides is 1. The van der Waals surface area contributed by atoms with E-state index in [-0.39, 0.29) is 24.2 Å². The summed E-state index contributed by atoms with van der Waals surface area (Å²) < 4.78 is 15.6. The Balaban J connectivity index is 1.21. The fourth-order valence-corrected chi connectivity index (χ4v) is 6.46. The molecule has 0 bridgehead atoms. The van der Waals surface area contributed by atoms with Crippen molar-refractivity contribution in [3.8, 4) is 17.3 Å². The van der Waals surface area contributed by atoms with Crippen LogP contribution in [-0.2, 0) is 11.2 Å². The van der Waals surface area contributed by atoms with E-state index in [1.54, 1.807) is 12.1 Å². The summed E-state index contributed by atoms with van der Waals surface area (Å²) in [5, 5.41) is 19.7. The van der Waals surface area contributed by atoms with Crippen molar-refractivity contribution in [2.45, 2.75) is 13.3 Å². The second-order valence-electron chi connectivity index (χ2n) is 10.8. The van der Waals surface area contributed by atoms with Gasteiger partial charge >= 0.3 is 0 Å². The number of thiazole rings is 1. The quantitative estimate of drug-likeness (QED) is 0.334. The number of nitrogens with zero attached hydrogens (tertiary/aromatic N) is 8. The fourth-order valence-electron chi connectivity index (χ4n) is 5.62. The first-order valence-electron chi connectivity index (χ1n) is 14.2. The number of hydrogen-bond acceptors (Lipinski definition) is 9. The van der Waals surface area contributed by atoms with E-state index in [0.717, 1.165) is 55.4 Å². The van der Waals surface area contributed by atoms with Crippen LogP contribution in [0.25, 0.3) is 16.9 Å². The van der Waals surface area contributed by atoms with Crippen molar-refractivity contribution < 1.29 is 14.3 Å². The minimum absolute atomic E-state index is 0.136. The molecule has 1 N–H and O–H groups in total. The number of nitriles is 1. The second kappa shape index (κ2) is 11.7. The van der Waals surface area contributed by atoms with Crippen LogP contribution in [0.3, 0.4) is 0 Å². The number of aromatic nitrogens is 3. The van der Waals surface area contributed by atoms with Crippen LogP contribution in [0.15, 0.2) is 42.6 Å². The number of aliphatic hydroxyl groups is 1. The third-order valence-corrected chi connectivity index (χ3v) is 9.12. The summed E-state index contributed by atoms with van der Waals surface area (Å²) in [7, 11) is 1.93. The van der Waals surface area contributed by atoms with Crippen molar-refractivity contribution in [2.75, 3.05) is 69.3 Å². The molecule has 0 saturated carbocycles. The highest BCUT2D eigenvalue weighted by molar-refractivity contribution is 7.16. The van der Waals surface area contributed by atoms with Gasteiger partial charge in [-0.1, -0.05) is 18.3 Å². The number of benzene rings is 1. The van der Waals surface area contributed by atoms with Gasteiger partial charge in [-0.3, -0.25) is 14.1 Å². The number of piperazine rings is 1. The summed E-state index contributed by atoms with van der Waals surface area (Å²) >= 11 is 1.30. The third-order valence-electron chi connectivity index (χ3n) is 8.09. The minimum Gasteiger partial charge on any atom is -0.396 e. The van der Waals surface area contributed by atoms with Gasteiger partial charge in [0.1, 0.15) is 33.9 Å². The van der Waals surface area contributed by atoms with Crippen molar-refractivity contribution in [3.05, 3.63) is 59.0 Å². The first-order chi connectivity index (χ1) is 20.4. The lowest BCUT2D eigenvalue weighted by Gasteiger charge is -2.41. The van der Waals surface area contributed by atoms with E-state index in [2.05, 4.69) is 39.5 Å². The largest absolute Gasteiger partial charge is 0.396 e. The number of halogens is 1. The van der Waals surface area contributed by atoms with Crippen molar-refractivity contribution in [3.63, 3.8) is 0 Å². The Hall–Kier alpha value is -4.05. The summed E-state index contributed by atoms with van der Waals surface area (Å²) in [5.74, 6) is 0.912. The van der Waals surface area contributed by atoms with Crippen molar-refractivity contribution >= 4 is 39.5 Å². The van der Waals surface area contributed by atoms with Gasteiger partial charge in [0.2, 0.25) is 5.91 Å². The zero-order chi connectivity index (χ0) is 29.4. The second-order valence-corrected chi connectivity index (χ2v) is 11.8. The van der Waals surface area contributed by atoms with Crippen LogP contribution in [0.4, 0.5) is 21.0 Å². The van der Waals surface area contributed by atoms with E-state index < -0.39 is 0 Å². The Kier molecular flexibility index (Phi) is 7.81. The molecule has 1 aromatic carbocycles. The van der Waals surface area contributed by atoms with Gasteiger partial charge in [0.05, 0.1) is 17.9 Å². The van der Waals surface area contributed by atoms with Gasteiger partial charge in [0.25, 0.3) is 0 Å². The molecule has 10 nitrogen and oxygen atoms in total. The van der Waals surface area contributed by atoms with Crippen LogP contribution >= 0.6 is 11.3 Å². The summed E-state index contributed by atoms with van der Waals surface area (Å²) in [6.07, 6.45) is 2.82. The molecule has 3 aromatic heterocycles. The van der Waals surface area contributed by atoms with Gasteiger partial charge in [0.15, 0.2) is 5.13 Å². The maximum Gasteiger partial charge on any atom is 0.236 e. The van der Waals surface area contributed by atoms with Crippen LogP contribution in [0.1, 0.15) is 17.5 Å². The first-order valence-corrected chi connectivity index (χ1v) is 15.0. The van der Waals surface area contributed by atoms with Gasteiger partial charge in [-0.05, 0) is 42.8 Å². The number of carbonyl (C=O) groups excluding carboxylic acids is 1. The van der Waals surface area contributed by atoms with E-state index in [0.29, 0.717) is 40.9 Å². The number of aliphatic hydroxyl groups excluding tert-OH is 1. The predicted octanol–water partition coefficient (Wildman–Crippen LogP) is 3.37. The molecule has 218 valence electrons. The Bertz CT molecular complexity index is 1630. The predicted molar refractivity (Wildman–Crippen MR) is 161 cm³/mol. The van der Waals surface area contributed by atoms with Gasteiger partial charge in [-0.25, -0.2) is 14.4 Å². The highest BCUT2D eigenvalue weighted by Gasteiger charge is 2.31. The van der Waals surface area contributed by atoms with Crippen LogP contribution in [-0.4, -0.2) is 94.7 Å². The number of aryl methyl sites for hydroxylation is 1. The number of anilines is 3. The average molecular weight is 589 g/mol. The Morgan fingerprint density at radius 3 is 2.55 bits per heavy atom. The molecular formula is C30H33FN8O2S. The van der Waals surface area contributed by atoms with Gasteiger partial charge < -0.3 is 19.8 Å². The topological polar surface area (TPSA) is 104 Å². The normalized spacial score (nSPS) is 16.1. The highest BCUT2D eigenvalue weighted by atomic mass is 32.1. The van der Waals surface area contributed by atoms with E-state index in [9.17, 15) is 19.6 Å². The number of likely N-dealkylation sites (tertiary alicyclic amines) is 1. The lowest BCUT2D eigenvalue weighted by molar-refractivity contribution is -0.139. The van der Waals surface area contributed by atoms with E-state index in [4.69, 9.17) is 9.97 Å². The monoisotopic (exact) mass is 588 g/mol. The molecule has 2 aliphatic heterocycles. The molecule has 0 spiro atoms. The average Bonchev–Trinajstić information content (AvgIpc) is 3.58. The van der Waals surface area contributed by atoms with Gasteiger partial charge in [-0.2, -0.15) is 5.26 Å². The molecule has 0 unspecified atom stereocenters. The molecule has 2 fully saturated rings. The molecule has 0 radical (unpaired) electrons. The summed E-state index contributed by atoms with van der Waals surface area (Å²) in [6, 6.07) is 12.4. The number of imidazole rings is 1. The summed E-state index contributed by atoms with van der Waals surface area (Å²) in [6.45, 7) is 7.13. The number of rotatable bonds is 8. The molecule has 2 aliphatic rings. The molecule has 4 aromatic rings. The standard InChI is InChI=1S/C30H33FN8O2S/c1-3-24-29(35(2)30-34-28(25(14-32)42-30)21-4-6-22(31)7-5-21)39-17-23(8-9-26(39)33-24)37-12-10-36(11-13-37)18-27(41)38-15-20(16-38)19-40/h4-9,17,20,40H,3,10-13,15-16,18-19H2,1-2H3. The maximum absolute atomic E-state index is 13.5. The summed E-state index contributed by atoms with van der Waals surface area (Å²) in [4.78, 5) is 31.0. The van der Waals surface area contributed by atoms with Crippen LogP contribution in [0, 0.1) is 23.1 Å². The smallest absolute Gasteiger partial charge is 0.236 e. The molecule has 6 rings (SSSR count). The molecule has 0 aliphatic carbocycles. The third kappa shape index (κ3) is 5.31. The SMILES string of the molecule is CCc1nc2ccc(N3CCN(CC(=O)N4CC(CO)C4)CC3)cn2c1N(C)c1nc(-c2ccc(F)cc2)c(C#N)s1. The Morgan fingerprint density at radius 1 is 1.14 bits per heavy atom. The highest BCUT2D eigenvalue weighted by Crippen LogP contribution is 2.37. The molecule has 1 amide bonds. The molecule has 42 heavy (non-hydrogen) atoms. The Labute approximate surface area is 247 Å². The zero-order valence-electron chi connectivity index (χ0n) is 23.7. The van der Waals surface area contributed by atoms with Gasteiger partial charge in [0, 0.05) is 70.6 Å². The van der Waals surface area contributed by atoms with E-state index in [1.165, 1.54) is 23.5 Å². The van der Waals surface area contributed by atoms with Crippen LogP contribution < -0.4 is 9.80 Å². The molecule has 0 atom stereocenters. The molecule has 5 heterocycles. The number of pyridine rings is 1. The maximum atomic E-state index is 13.5.